The fourth-order valence-electron chi connectivity index (χ4n) is 1.82. The molecule has 1 aliphatic heterocycles. The predicted octanol–water partition coefficient (Wildman–Crippen LogP) is 4.63. The molecule has 9 heteroatoms. The van der Waals surface area contributed by atoms with Gasteiger partial charge < -0.3 is 4.84 Å². The summed E-state index contributed by atoms with van der Waals surface area (Å²) in [4.78, 5) is 4.37. The Morgan fingerprint density at radius 3 is 2.20 bits per heavy atom. The topological polar surface area (TPSA) is 21.6 Å². The molecule has 1 atom stereocenters. The van der Waals surface area contributed by atoms with E-state index in [1.54, 1.807) is 0 Å². The molecule has 0 spiro atoms. The van der Waals surface area contributed by atoms with Crippen molar-refractivity contribution in [2.45, 2.75) is 24.4 Å². The highest BCUT2D eigenvalue weighted by Crippen LogP contribution is 2.48. The van der Waals surface area contributed by atoms with Crippen molar-refractivity contribution in [3.63, 3.8) is 0 Å². The maximum Gasteiger partial charge on any atom is 0.435 e. The quantitative estimate of drug-likeness (QED) is 0.668. The van der Waals surface area contributed by atoms with Crippen LogP contribution in [0.25, 0.3) is 0 Å². The van der Waals surface area contributed by atoms with E-state index in [1.165, 1.54) is 0 Å². The Hall–Kier alpha value is -1.25. The first-order valence-corrected chi connectivity index (χ1v) is 6.00. The maximum absolute atomic E-state index is 13.2. The van der Waals surface area contributed by atoms with E-state index in [-0.39, 0.29) is 4.47 Å². The van der Waals surface area contributed by atoms with Gasteiger partial charge in [-0.2, -0.15) is 26.3 Å². The molecule has 1 aliphatic rings. The van der Waals surface area contributed by atoms with Gasteiger partial charge in [0.05, 0.1) is 5.56 Å². The summed E-state index contributed by atoms with van der Waals surface area (Å²) in [5.41, 5.74) is -4.72. The molecular weight excluding hydrogens is 356 g/mol. The van der Waals surface area contributed by atoms with Gasteiger partial charge in [-0.25, -0.2) is 0 Å². The van der Waals surface area contributed by atoms with Crippen LogP contribution in [0.4, 0.5) is 26.3 Å². The number of oxime groups is 1. The van der Waals surface area contributed by atoms with Crippen LogP contribution in [0.15, 0.2) is 27.8 Å². The SMILES string of the molecule is FC(F)(F)c1cc(Br)cc(C2(C(F)(F)F)CC=NO2)c1. The van der Waals surface area contributed by atoms with Gasteiger partial charge in [0.2, 0.25) is 0 Å². The molecule has 2 rings (SSSR count). The van der Waals surface area contributed by atoms with Crippen molar-refractivity contribution in [3.8, 4) is 0 Å². The second-order valence-electron chi connectivity index (χ2n) is 4.13. The van der Waals surface area contributed by atoms with Gasteiger partial charge in [0.1, 0.15) is 0 Å². The average Bonchev–Trinajstić information content (AvgIpc) is 2.76. The van der Waals surface area contributed by atoms with Crippen molar-refractivity contribution in [2.75, 3.05) is 0 Å². The molecule has 0 N–H and O–H groups in total. The van der Waals surface area contributed by atoms with E-state index >= 15 is 0 Å². The van der Waals surface area contributed by atoms with Crippen LogP contribution in [-0.4, -0.2) is 12.4 Å². The lowest BCUT2D eigenvalue weighted by Gasteiger charge is -2.29. The summed E-state index contributed by atoms with van der Waals surface area (Å²) in [5, 5.41) is 3.06. The van der Waals surface area contributed by atoms with Crippen LogP contribution in [0.5, 0.6) is 0 Å². The van der Waals surface area contributed by atoms with Gasteiger partial charge >= 0.3 is 12.4 Å². The molecule has 0 aromatic heterocycles. The molecule has 1 heterocycles. The normalized spacial score (nSPS) is 22.9. The third kappa shape index (κ3) is 2.50. The van der Waals surface area contributed by atoms with Crippen LogP contribution in [0.1, 0.15) is 17.5 Å². The second-order valence-corrected chi connectivity index (χ2v) is 5.05. The van der Waals surface area contributed by atoms with Crippen molar-refractivity contribution < 1.29 is 31.2 Å². The Morgan fingerprint density at radius 1 is 1.10 bits per heavy atom. The molecule has 110 valence electrons. The van der Waals surface area contributed by atoms with Crippen LogP contribution < -0.4 is 0 Å². The van der Waals surface area contributed by atoms with Gasteiger partial charge in [0.15, 0.2) is 0 Å². The zero-order valence-corrected chi connectivity index (χ0v) is 11.1. The highest BCUT2D eigenvalue weighted by Gasteiger charge is 2.61. The fraction of sp³-hybridized carbons (Fsp3) is 0.364. The van der Waals surface area contributed by atoms with Crippen molar-refractivity contribution in [2.24, 2.45) is 5.16 Å². The molecule has 0 saturated carbocycles. The molecule has 1 unspecified atom stereocenters. The van der Waals surface area contributed by atoms with Crippen molar-refractivity contribution in [3.05, 3.63) is 33.8 Å². The number of rotatable bonds is 1. The number of benzene rings is 1. The lowest BCUT2D eigenvalue weighted by Crippen LogP contribution is -2.42. The van der Waals surface area contributed by atoms with E-state index in [0.717, 1.165) is 12.3 Å². The second kappa shape index (κ2) is 4.64. The smallest absolute Gasteiger partial charge is 0.375 e. The van der Waals surface area contributed by atoms with Crippen LogP contribution in [0, 0.1) is 0 Å². The summed E-state index contributed by atoms with van der Waals surface area (Å²) >= 11 is 2.78. The summed E-state index contributed by atoms with van der Waals surface area (Å²) in [6.07, 6.45) is -9.45. The van der Waals surface area contributed by atoms with Gasteiger partial charge in [-0.05, 0) is 18.2 Å². The number of hydrogen-bond donors (Lipinski definition) is 0. The molecule has 0 fully saturated rings. The van der Waals surface area contributed by atoms with E-state index in [1.807, 2.05) is 0 Å². The number of halogens is 7. The molecule has 0 saturated heterocycles. The molecule has 0 amide bonds. The van der Waals surface area contributed by atoms with Crippen molar-refractivity contribution in [1.82, 2.24) is 0 Å². The molecular formula is C11H6BrF6NO. The minimum atomic E-state index is -4.90. The summed E-state index contributed by atoms with van der Waals surface area (Å²) < 4.78 is 77.4. The number of nitrogens with zero attached hydrogens (tertiary/aromatic N) is 1. The summed E-state index contributed by atoms with van der Waals surface area (Å²) in [7, 11) is 0. The first-order valence-electron chi connectivity index (χ1n) is 5.21. The van der Waals surface area contributed by atoms with Crippen LogP contribution in [-0.2, 0) is 16.6 Å². The first kappa shape index (κ1) is 15.1. The van der Waals surface area contributed by atoms with Crippen LogP contribution >= 0.6 is 15.9 Å². The number of alkyl halides is 6. The largest absolute Gasteiger partial charge is 0.435 e. The zero-order chi connectivity index (χ0) is 15.2. The monoisotopic (exact) mass is 361 g/mol. The van der Waals surface area contributed by atoms with Gasteiger partial charge in [0, 0.05) is 22.7 Å². The third-order valence-corrected chi connectivity index (χ3v) is 3.27. The minimum absolute atomic E-state index is 0.124. The lowest BCUT2D eigenvalue weighted by molar-refractivity contribution is -0.276. The third-order valence-electron chi connectivity index (χ3n) is 2.81. The zero-order valence-electron chi connectivity index (χ0n) is 9.52. The fourth-order valence-corrected chi connectivity index (χ4v) is 2.31. The maximum atomic E-state index is 13.2. The van der Waals surface area contributed by atoms with Crippen molar-refractivity contribution >= 4 is 22.1 Å². The van der Waals surface area contributed by atoms with Gasteiger partial charge in [-0.15, -0.1) is 0 Å². The minimum Gasteiger partial charge on any atom is -0.375 e. The lowest BCUT2D eigenvalue weighted by atomic mass is 9.89. The number of hydrogen-bond acceptors (Lipinski definition) is 2. The summed E-state index contributed by atoms with van der Waals surface area (Å²) in [6.45, 7) is 0. The Bertz CT molecular complexity index is 543. The van der Waals surface area contributed by atoms with Gasteiger partial charge in [-0.1, -0.05) is 21.1 Å². The van der Waals surface area contributed by atoms with E-state index in [4.69, 9.17) is 0 Å². The van der Waals surface area contributed by atoms with E-state index in [0.29, 0.717) is 12.1 Å². The Morgan fingerprint density at radius 2 is 1.75 bits per heavy atom. The van der Waals surface area contributed by atoms with Crippen LogP contribution in [0.3, 0.4) is 0 Å². The summed E-state index contributed by atoms with van der Waals surface area (Å²) in [6, 6.07) is 2.06. The standard InChI is InChI=1S/C11H6BrF6NO/c12-8-4-6(3-7(5-8)10(13,14)15)9(11(16,17)18)1-2-19-20-9/h2-5H,1H2. The molecule has 1 aromatic rings. The van der Waals surface area contributed by atoms with Crippen molar-refractivity contribution in [1.29, 1.82) is 0 Å². The Kier molecular flexibility index (Phi) is 3.52. The van der Waals surface area contributed by atoms with E-state index in [9.17, 15) is 26.3 Å². The molecule has 20 heavy (non-hydrogen) atoms. The van der Waals surface area contributed by atoms with E-state index < -0.39 is 35.5 Å². The van der Waals surface area contributed by atoms with Crippen LogP contribution in [0.2, 0.25) is 0 Å². The molecule has 0 radical (unpaired) electrons. The molecule has 2 nitrogen and oxygen atoms in total. The Labute approximate surface area is 117 Å². The molecule has 1 aromatic carbocycles. The molecule has 0 bridgehead atoms. The average molecular weight is 362 g/mol. The first-order chi connectivity index (χ1) is 9.06. The van der Waals surface area contributed by atoms with Gasteiger partial charge in [-0.3, -0.25) is 0 Å². The van der Waals surface area contributed by atoms with Gasteiger partial charge in [0.25, 0.3) is 5.60 Å². The predicted molar refractivity (Wildman–Crippen MR) is 61.1 cm³/mol. The highest BCUT2D eigenvalue weighted by atomic mass is 79.9. The Balaban J connectivity index is 2.59. The summed E-state index contributed by atoms with van der Waals surface area (Å²) in [5.74, 6) is 0. The highest BCUT2D eigenvalue weighted by molar-refractivity contribution is 9.10. The van der Waals surface area contributed by atoms with E-state index in [2.05, 4.69) is 25.9 Å². The molecule has 0 aliphatic carbocycles.